The molecular formula is C11H14O3. The fraction of sp³-hybridized carbons (Fsp3) is 0.364. The van der Waals surface area contributed by atoms with Crippen LogP contribution in [0, 0.1) is 0 Å². The van der Waals surface area contributed by atoms with Gasteiger partial charge in [-0.05, 0) is 17.7 Å². The first-order valence-corrected chi connectivity index (χ1v) is 4.41. The topological polar surface area (TPSA) is 57.5 Å². The lowest BCUT2D eigenvalue weighted by atomic mass is 9.83. The first-order chi connectivity index (χ1) is 6.51. The predicted octanol–water partition coefficient (Wildman–Crippen LogP) is 1.47. The second-order valence-corrected chi connectivity index (χ2v) is 3.93. The third-order valence-corrected chi connectivity index (χ3v) is 2.29. The number of hydrogen-bond donors (Lipinski definition) is 2. The van der Waals surface area contributed by atoms with E-state index in [0.29, 0.717) is 11.8 Å². The summed E-state index contributed by atoms with van der Waals surface area (Å²) < 4.78 is 0. The van der Waals surface area contributed by atoms with Crippen LogP contribution >= 0.6 is 0 Å². The van der Waals surface area contributed by atoms with Gasteiger partial charge in [0, 0.05) is 11.0 Å². The number of aldehydes is 1. The number of rotatable bonds is 3. The van der Waals surface area contributed by atoms with Crippen LogP contribution in [0.5, 0.6) is 5.75 Å². The first-order valence-electron chi connectivity index (χ1n) is 4.41. The molecule has 1 aromatic carbocycles. The Labute approximate surface area is 83.0 Å². The highest BCUT2D eigenvalue weighted by atomic mass is 16.3. The highest BCUT2D eigenvalue weighted by Crippen LogP contribution is 2.27. The average Bonchev–Trinajstić information content (AvgIpc) is 2.17. The second-order valence-electron chi connectivity index (χ2n) is 3.93. The summed E-state index contributed by atoms with van der Waals surface area (Å²) >= 11 is 0. The van der Waals surface area contributed by atoms with Crippen LogP contribution in [0.3, 0.4) is 0 Å². The Morgan fingerprint density at radius 2 is 2.07 bits per heavy atom. The Morgan fingerprint density at radius 1 is 1.43 bits per heavy atom. The molecule has 3 nitrogen and oxygen atoms in total. The van der Waals surface area contributed by atoms with Crippen LogP contribution in [0.2, 0.25) is 0 Å². The zero-order valence-corrected chi connectivity index (χ0v) is 8.32. The molecule has 0 atom stereocenters. The van der Waals surface area contributed by atoms with Crippen molar-refractivity contribution < 1.29 is 15.0 Å². The molecule has 0 amide bonds. The van der Waals surface area contributed by atoms with Gasteiger partial charge in [0.1, 0.15) is 12.0 Å². The molecule has 0 bridgehead atoms. The molecule has 0 saturated heterocycles. The lowest BCUT2D eigenvalue weighted by molar-refractivity contribution is 0.111. The van der Waals surface area contributed by atoms with Crippen molar-refractivity contribution in [3.8, 4) is 5.75 Å². The van der Waals surface area contributed by atoms with Crippen LogP contribution in [0.15, 0.2) is 18.2 Å². The van der Waals surface area contributed by atoms with Gasteiger partial charge in [0.15, 0.2) is 0 Å². The zero-order valence-electron chi connectivity index (χ0n) is 8.32. The molecule has 0 radical (unpaired) electrons. The summed E-state index contributed by atoms with van der Waals surface area (Å²) in [4.78, 5) is 10.7. The molecule has 1 rings (SSSR count). The molecule has 0 aliphatic rings. The van der Waals surface area contributed by atoms with Gasteiger partial charge < -0.3 is 10.2 Å². The van der Waals surface area contributed by atoms with Crippen molar-refractivity contribution in [1.29, 1.82) is 0 Å². The molecule has 0 fully saturated rings. The second kappa shape index (κ2) is 3.80. The standard InChI is InChI=1S/C11H14O3/c1-11(2,7-13)10-4-3-9(14)5-8(10)6-12/h3-6,13-14H,7H2,1-2H3. The fourth-order valence-electron chi connectivity index (χ4n) is 1.35. The van der Waals surface area contributed by atoms with Gasteiger partial charge in [-0.1, -0.05) is 19.9 Å². The zero-order chi connectivity index (χ0) is 10.8. The van der Waals surface area contributed by atoms with Gasteiger partial charge in [0.05, 0.1) is 6.61 Å². The summed E-state index contributed by atoms with van der Waals surface area (Å²) in [5.74, 6) is 0.0598. The summed E-state index contributed by atoms with van der Waals surface area (Å²) in [6, 6.07) is 4.58. The van der Waals surface area contributed by atoms with E-state index in [1.807, 2.05) is 13.8 Å². The highest BCUT2D eigenvalue weighted by Gasteiger charge is 2.22. The summed E-state index contributed by atoms with van der Waals surface area (Å²) in [6.07, 6.45) is 0.687. The fourth-order valence-corrected chi connectivity index (χ4v) is 1.35. The number of carbonyl (C=O) groups is 1. The summed E-state index contributed by atoms with van der Waals surface area (Å²) in [5.41, 5.74) is 0.695. The van der Waals surface area contributed by atoms with Crippen molar-refractivity contribution in [2.24, 2.45) is 0 Å². The van der Waals surface area contributed by atoms with Gasteiger partial charge in [-0.2, -0.15) is 0 Å². The van der Waals surface area contributed by atoms with Gasteiger partial charge in [0.2, 0.25) is 0 Å². The molecule has 3 heteroatoms. The van der Waals surface area contributed by atoms with Crippen LogP contribution in [-0.4, -0.2) is 23.1 Å². The van der Waals surface area contributed by atoms with Crippen LogP contribution in [0.25, 0.3) is 0 Å². The van der Waals surface area contributed by atoms with Crippen molar-refractivity contribution in [1.82, 2.24) is 0 Å². The largest absolute Gasteiger partial charge is 0.508 e. The Bertz CT molecular complexity index is 342. The van der Waals surface area contributed by atoms with Crippen molar-refractivity contribution in [2.45, 2.75) is 19.3 Å². The van der Waals surface area contributed by atoms with E-state index in [0.717, 1.165) is 5.56 Å². The summed E-state index contributed by atoms with van der Waals surface area (Å²) in [7, 11) is 0. The van der Waals surface area contributed by atoms with Gasteiger partial charge in [0.25, 0.3) is 0 Å². The number of benzene rings is 1. The molecule has 0 saturated carbocycles. The monoisotopic (exact) mass is 194 g/mol. The quantitative estimate of drug-likeness (QED) is 0.716. The number of aromatic hydroxyl groups is 1. The van der Waals surface area contributed by atoms with Gasteiger partial charge in [-0.25, -0.2) is 0 Å². The number of hydrogen-bond acceptors (Lipinski definition) is 3. The molecule has 0 aliphatic carbocycles. The highest BCUT2D eigenvalue weighted by molar-refractivity contribution is 5.78. The minimum Gasteiger partial charge on any atom is -0.508 e. The maximum atomic E-state index is 10.7. The van der Waals surface area contributed by atoms with Crippen molar-refractivity contribution in [3.63, 3.8) is 0 Å². The molecule has 0 aromatic heterocycles. The first kappa shape index (κ1) is 10.7. The third kappa shape index (κ3) is 1.93. The summed E-state index contributed by atoms with van der Waals surface area (Å²) in [6.45, 7) is 3.64. The molecule has 0 unspecified atom stereocenters. The maximum Gasteiger partial charge on any atom is 0.150 e. The molecule has 2 N–H and O–H groups in total. The summed E-state index contributed by atoms with van der Waals surface area (Å²) in [5, 5.41) is 18.3. The maximum absolute atomic E-state index is 10.7. The normalized spacial score (nSPS) is 11.4. The smallest absolute Gasteiger partial charge is 0.150 e. The van der Waals surface area contributed by atoms with E-state index >= 15 is 0 Å². The molecule has 14 heavy (non-hydrogen) atoms. The Balaban J connectivity index is 3.27. The molecule has 1 aromatic rings. The minimum atomic E-state index is -0.468. The van der Waals surface area contributed by atoms with Crippen LogP contribution in [-0.2, 0) is 5.41 Å². The number of phenols is 1. The lowest BCUT2D eigenvalue weighted by Gasteiger charge is -2.23. The van der Waals surface area contributed by atoms with Crippen LogP contribution in [0.1, 0.15) is 29.8 Å². The molecule has 0 spiro atoms. The Morgan fingerprint density at radius 3 is 2.57 bits per heavy atom. The molecule has 0 heterocycles. The van der Waals surface area contributed by atoms with Crippen molar-refractivity contribution in [3.05, 3.63) is 29.3 Å². The van der Waals surface area contributed by atoms with E-state index in [2.05, 4.69) is 0 Å². The van der Waals surface area contributed by atoms with E-state index in [4.69, 9.17) is 5.11 Å². The van der Waals surface area contributed by atoms with Crippen LogP contribution in [0.4, 0.5) is 0 Å². The Hall–Kier alpha value is -1.35. The van der Waals surface area contributed by atoms with Gasteiger partial charge in [-0.3, -0.25) is 4.79 Å². The number of aliphatic hydroxyl groups excluding tert-OH is 1. The SMILES string of the molecule is CC(C)(CO)c1ccc(O)cc1C=O. The minimum absolute atomic E-state index is 0.0430. The van der Waals surface area contributed by atoms with E-state index in [1.165, 1.54) is 12.1 Å². The van der Waals surface area contributed by atoms with E-state index in [1.54, 1.807) is 6.07 Å². The van der Waals surface area contributed by atoms with E-state index < -0.39 is 5.41 Å². The third-order valence-electron chi connectivity index (χ3n) is 2.29. The average molecular weight is 194 g/mol. The van der Waals surface area contributed by atoms with E-state index in [-0.39, 0.29) is 12.4 Å². The molecule has 76 valence electrons. The Kier molecular flexibility index (Phi) is 2.91. The number of aliphatic hydroxyl groups is 1. The predicted molar refractivity (Wildman–Crippen MR) is 53.6 cm³/mol. The molecular weight excluding hydrogens is 180 g/mol. The van der Waals surface area contributed by atoms with Crippen molar-refractivity contribution >= 4 is 6.29 Å². The van der Waals surface area contributed by atoms with E-state index in [9.17, 15) is 9.90 Å². The molecule has 0 aliphatic heterocycles. The van der Waals surface area contributed by atoms with Crippen molar-refractivity contribution in [2.75, 3.05) is 6.61 Å². The van der Waals surface area contributed by atoms with Gasteiger partial charge in [-0.15, -0.1) is 0 Å². The van der Waals surface area contributed by atoms with Crippen LogP contribution < -0.4 is 0 Å². The van der Waals surface area contributed by atoms with Gasteiger partial charge >= 0.3 is 0 Å². The number of phenolic OH excluding ortho intramolecular Hbond substituents is 1. The number of carbonyl (C=O) groups excluding carboxylic acids is 1. The lowest BCUT2D eigenvalue weighted by Crippen LogP contribution is -2.23.